The maximum atomic E-state index is 12.1. The van der Waals surface area contributed by atoms with Crippen molar-refractivity contribution in [3.8, 4) is 0 Å². The summed E-state index contributed by atoms with van der Waals surface area (Å²) >= 11 is 0. The Hall–Kier alpha value is -2.82. The maximum absolute atomic E-state index is 12.1. The average Bonchev–Trinajstić information content (AvgIpc) is 2.60. The molecule has 0 spiro atoms. The minimum Gasteiger partial charge on any atom is -0.359 e. The molecule has 0 aliphatic carbocycles. The van der Waals surface area contributed by atoms with Crippen molar-refractivity contribution in [1.82, 2.24) is 4.90 Å². The molecule has 0 saturated heterocycles. The number of carbonyl (C=O) groups is 1. The van der Waals surface area contributed by atoms with Crippen LogP contribution in [0.15, 0.2) is 53.5 Å². The fourth-order valence-electron chi connectivity index (χ4n) is 2.38. The first-order chi connectivity index (χ1) is 12.1. The number of anilines is 2. The zero-order valence-corrected chi connectivity index (χ0v) is 15.1. The maximum Gasteiger partial charge on any atom is 0.323 e. The Bertz CT molecular complexity index is 710. The quantitative estimate of drug-likeness (QED) is 0.576. The van der Waals surface area contributed by atoms with Gasteiger partial charge >= 0.3 is 6.03 Å². The van der Waals surface area contributed by atoms with Gasteiger partial charge in [-0.25, -0.2) is 4.79 Å². The third-order valence-corrected chi connectivity index (χ3v) is 3.71. The van der Waals surface area contributed by atoms with Gasteiger partial charge in [-0.3, -0.25) is 4.99 Å². The molecule has 2 rings (SSSR count). The number of benzene rings is 2. The van der Waals surface area contributed by atoms with Crippen LogP contribution in [0.1, 0.15) is 25.0 Å². The van der Waals surface area contributed by atoms with E-state index >= 15 is 0 Å². The number of nitrogens with one attached hydrogen (secondary N) is 2. The third kappa shape index (κ3) is 6.30. The molecule has 0 unspecified atom stereocenters. The predicted molar refractivity (Wildman–Crippen MR) is 105 cm³/mol. The van der Waals surface area contributed by atoms with E-state index in [9.17, 15) is 4.79 Å². The van der Waals surface area contributed by atoms with Gasteiger partial charge < -0.3 is 15.5 Å². The van der Waals surface area contributed by atoms with Crippen molar-refractivity contribution < 1.29 is 4.79 Å². The van der Waals surface area contributed by atoms with Gasteiger partial charge in [-0.1, -0.05) is 24.3 Å². The standard InChI is InChI=1S/C20H26N4O/c1-4-21-15-24(5-2)14-17-9-11-18(12-10-17)22-20(25)23-19-8-6-7-16(3)13-19/h6-13,15H,4-5,14H2,1-3H3,(H2,22,23,25). The van der Waals surface area contributed by atoms with Crippen LogP contribution in [0.5, 0.6) is 0 Å². The first-order valence-corrected chi connectivity index (χ1v) is 8.58. The summed E-state index contributed by atoms with van der Waals surface area (Å²) in [7, 11) is 0. The Morgan fingerprint density at radius 1 is 1.08 bits per heavy atom. The lowest BCUT2D eigenvalue weighted by molar-refractivity contribution is 0.262. The SMILES string of the molecule is CCN=CN(CC)Cc1ccc(NC(=O)Nc2cccc(C)c2)cc1. The fraction of sp³-hybridized carbons (Fsp3) is 0.300. The van der Waals surface area contributed by atoms with E-state index < -0.39 is 0 Å². The van der Waals surface area contributed by atoms with Crippen LogP contribution in [0.25, 0.3) is 0 Å². The summed E-state index contributed by atoms with van der Waals surface area (Å²) in [5.74, 6) is 0. The molecule has 0 heterocycles. The van der Waals surface area contributed by atoms with E-state index in [1.807, 2.05) is 68.7 Å². The van der Waals surface area contributed by atoms with Crippen molar-refractivity contribution in [3.05, 3.63) is 59.7 Å². The van der Waals surface area contributed by atoms with Crippen molar-refractivity contribution >= 4 is 23.7 Å². The first-order valence-electron chi connectivity index (χ1n) is 8.58. The Balaban J connectivity index is 1.91. The van der Waals surface area contributed by atoms with Crippen LogP contribution in [-0.4, -0.2) is 30.4 Å². The van der Waals surface area contributed by atoms with E-state index in [-0.39, 0.29) is 6.03 Å². The first kappa shape index (κ1) is 18.5. The third-order valence-electron chi connectivity index (χ3n) is 3.71. The molecule has 2 amide bonds. The molecule has 2 aromatic rings. The van der Waals surface area contributed by atoms with Crippen LogP contribution in [0, 0.1) is 6.92 Å². The molecule has 0 bridgehead atoms. The number of amides is 2. The van der Waals surface area contributed by atoms with Gasteiger partial charge in [-0.15, -0.1) is 0 Å². The molecule has 0 atom stereocenters. The van der Waals surface area contributed by atoms with Gasteiger partial charge in [0.1, 0.15) is 0 Å². The Morgan fingerprint density at radius 3 is 2.44 bits per heavy atom. The summed E-state index contributed by atoms with van der Waals surface area (Å²) in [5.41, 5.74) is 3.82. The molecular formula is C20H26N4O. The fourth-order valence-corrected chi connectivity index (χ4v) is 2.38. The molecule has 2 aromatic carbocycles. The largest absolute Gasteiger partial charge is 0.359 e. The van der Waals surface area contributed by atoms with Crippen LogP contribution < -0.4 is 10.6 Å². The van der Waals surface area contributed by atoms with Crippen LogP contribution in [0.4, 0.5) is 16.2 Å². The summed E-state index contributed by atoms with van der Waals surface area (Å²) in [6, 6.07) is 15.3. The number of urea groups is 1. The Labute approximate surface area is 149 Å². The van der Waals surface area contributed by atoms with Crippen molar-refractivity contribution in [2.75, 3.05) is 23.7 Å². The van der Waals surface area contributed by atoms with Crippen molar-refractivity contribution in [1.29, 1.82) is 0 Å². The van der Waals surface area contributed by atoms with E-state index in [0.717, 1.165) is 36.6 Å². The summed E-state index contributed by atoms with van der Waals surface area (Å²) in [4.78, 5) is 18.5. The predicted octanol–water partition coefficient (Wildman–Crippen LogP) is 4.51. The summed E-state index contributed by atoms with van der Waals surface area (Å²) in [5, 5.41) is 5.68. The van der Waals surface area contributed by atoms with Crippen LogP contribution in [-0.2, 0) is 6.54 Å². The highest BCUT2D eigenvalue weighted by molar-refractivity contribution is 5.99. The van der Waals surface area contributed by atoms with E-state index in [2.05, 4.69) is 27.4 Å². The normalized spacial score (nSPS) is 10.7. The van der Waals surface area contributed by atoms with Gasteiger partial charge in [0.15, 0.2) is 0 Å². The molecule has 5 heteroatoms. The zero-order chi connectivity index (χ0) is 18.1. The number of aliphatic imine (C=N–C) groups is 1. The minimum absolute atomic E-state index is 0.247. The molecule has 2 N–H and O–H groups in total. The van der Waals surface area contributed by atoms with Crippen LogP contribution >= 0.6 is 0 Å². The van der Waals surface area contributed by atoms with Crippen molar-refractivity contribution in [3.63, 3.8) is 0 Å². The number of hydrogen-bond acceptors (Lipinski definition) is 2. The van der Waals surface area contributed by atoms with E-state index in [0.29, 0.717) is 0 Å². The lowest BCUT2D eigenvalue weighted by Crippen LogP contribution is -2.21. The lowest BCUT2D eigenvalue weighted by atomic mass is 10.2. The van der Waals surface area contributed by atoms with Crippen LogP contribution in [0.2, 0.25) is 0 Å². The molecule has 0 aliphatic heterocycles. The molecule has 132 valence electrons. The number of rotatable bonds is 7. The van der Waals surface area contributed by atoms with E-state index in [1.54, 1.807) is 0 Å². The summed E-state index contributed by atoms with van der Waals surface area (Å²) in [6.07, 6.45) is 1.89. The molecule has 0 saturated carbocycles. The monoisotopic (exact) mass is 338 g/mol. The number of hydrogen-bond donors (Lipinski definition) is 2. The highest BCUT2D eigenvalue weighted by atomic mass is 16.2. The highest BCUT2D eigenvalue weighted by Gasteiger charge is 2.04. The summed E-state index contributed by atoms with van der Waals surface area (Å²) in [6.45, 7) is 8.61. The van der Waals surface area contributed by atoms with Gasteiger partial charge in [0.05, 0.1) is 6.34 Å². The second kappa shape index (κ2) is 9.47. The minimum atomic E-state index is -0.247. The van der Waals surface area contributed by atoms with Crippen molar-refractivity contribution in [2.45, 2.75) is 27.3 Å². The van der Waals surface area contributed by atoms with Gasteiger partial charge in [0, 0.05) is 31.0 Å². The smallest absolute Gasteiger partial charge is 0.323 e. The van der Waals surface area contributed by atoms with Gasteiger partial charge in [0.25, 0.3) is 0 Å². The van der Waals surface area contributed by atoms with Gasteiger partial charge in [0.2, 0.25) is 0 Å². The van der Waals surface area contributed by atoms with Gasteiger partial charge in [-0.05, 0) is 56.2 Å². The molecular weight excluding hydrogens is 312 g/mol. The zero-order valence-electron chi connectivity index (χ0n) is 15.1. The molecule has 0 aliphatic rings. The number of aryl methyl sites for hydroxylation is 1. The number of carbonyl (C=O) groups excluding carboxylic acids is 1. The Kier molecular flexibility index (Phi) is 7.01. The molecule has 25 heavy (non-hydrogen) atoms. The Morgan fingerprint density at radius 2 is 1.80 bits per heavy atom. The summed E-state index contributed by atoms with van der Waals surface area (Å²) < 4.78 is 0. The topological polar surface area (TPSA) is 56.7 Å². The molecule has 5 nitrogen and oxygen atoms in total. The van der Waals surface area contributed by atoms with Crippen LogP contribution in [0.3, 0.4) is 0 Å². The van der Waals surface area contributed by atoms with Crippen molar-refractivity contribution in [2.24, 2.45) is 4.99 Å². The van der Waals surface area contributed by atoms with E-state index in [1.165, 1.54) is 5.56 Å². The molecule has 0 fully saturated rings. The highest BCUT2D eigenvalue weighted by Crippen LogP contribution is 2.13. The number of nitrogens with zero attached hydrogens (tertiary/aromatic N) is 2. The lowest BCUT2D eigenvalue weighted by Gasteiger charge is -2.17. The second-order valence-electron chi connectivity index (χ2n) is 5.82. The molecule has 0 radical (unpaired) electrons. The van der Waals surface area contributed by atoms with E-state index in [4.69, 9.17) is 0 Å². The molecule has 0 aromatic heterocycles. The second-order valence-corrected chi connectivity index (χ2v) is 5.82. The average molecular weight is 338 g/mol. The van der Waals surface area contributed by atoms with Gasteiger partial charge in [-0.2, -0.15) is 0 Å².